The monoisotopic (exact) mass is 146 g/mol. The quantitative estimate of drug-likeness (QED) is 0.359. The molecule has 5 heteroatoms. The van der Waals surface area contributed by atoms with E-state index >= 15 is 0 Å². The van der Waals surface area contributed by atoms with Crippen LogP contribution in [-0.2, 0) is 0 Å². The van der Waals surface area contributed by atoms with Gasteiger partial charge in [0.1, 0.15) is 7.85 Å². The van der Waals surface area contributed by atoms with E-state index in [1.54, 1.807) is 0 Å². The molecular formula is C5H16B2O3. The molecule has 0 aliphatic carbocycles. The zero-order valence-electron chi connectivity index (χ0n) is 6.75. The van der Waals surface area contributed by atoms with Crippen molar-refractivity contribution in [2.24, 2.45) is 0 Å². The van der Waals surface area contributed by atoms with Crippen LogP contribution in [0.15, 0.2) is 0 Å². The Labute approximate surface area is 63.7 Å². The van der Waals surface area contributed by atoms with Crippen LogP contribution in [0.4, 0.5) is 0 Å². The SMILES string of the molecule is BCCCCC.OB(O)O. The Kier molecular flexibility index (Phi) is 14.9. The van der Waals surface area contributed by atoms with Crippen LogP contribution in [0.5, 0.6) is 0 Å². The average molecular weight is 146 g/mol. The summed E-state index contributed by atoms with van der Waals surface area (Å²) in [6.07, 6.45) is 5.54. The predicted octanol–water partition coefficient (Wildman–Crippen LogP) is -0.824. The van der Waals surface area contributed by atoms with Gasteiger partial charge in [-0.15, -0.1) is 0 Å². The van der Waals surface area contributed by atoms with E-state index in [-0.39, 0.29) is 0 Å². The van der Waals surface area contributed by atoms with Gasteiger partial charge in [-0.3, -0.25) is 0 Å². The molecule has 0 atom stereocenters. The summed E-state index contributed by atoms with van der Waals surface area (Å²) in [6, 6.07) is 0. The fourth-order valence-electron chi connectivity index (χ4n) is 0.500. The zero-order chi connectivity index (χ0) is 8.41. The molecule has 0 unspecified atom stereocenters. The highest BCUT2D eigenvalue weighted by molar-refractivity contribution is 6.30. The summed E-state index contributed by atoms with van der Waals surface area (Å²) in [5.41, 5.74) is 0. The van der Waals surface area contributed by atoms with Gasteiger partial charge in [-0.2, -0.15) is 0 Å². The maximum Gasteiger partial charge on any atom is 0.631 e. The molecule has 0 aromatic rings. The van der Waals surface area contributed by atoms with Crippen LogP contribution in [0, 0.1) is 0 Å². The first-order chi connectivity index (χ1) is 4.65. The summed E-state index contributed by atoms with van der Waals surface area (Å²) in [4.78, 5) is 0. The Morgan fingerprint density at radius 3 is 1.70 bits per heavy atom. The first kappa shape index (κ1) is 12.7. The van der Waals surface area contributed by atoms with Gasteiger partial charge in [0.15, 0.2) is 0 Å². The summed E-state index contributed by atoms with van der Waals surface area (Å²) in [5.74, 6) is 0. The van der Waals surface area contributed by atoms with E-state index in [1.807, 2.05) is 0 Å². The lowest BCUT2D eigenvalue weighted by Crippen LogP contribution is -2.07. The molecule has 0 saturated heterocycles. The molecule has 10 heavy (non-hydrogen) atoms. The second kappa shape index (κ2) is 11.8. The minimum atomic E-state index is -2.17. The molecule has 0 aliphatic heterocycles. The van der Waals surface area contributed by atoms with Crippen molar-refractivity contribution in [2.75, 3.05) is 0 Å². The van der Waals surface area contributed by atoms with E-state index < -0.39 is 7.32 Å². The maximum atomic E-state index is 7.17. The molecule has 3 N–H and O–H groups in total. The van der Waals surface area contributed by atoms with Gasteiger partial charge in [0.05, 0.1) is 0 Å². The first-order valence-electron chi connectivity index (χ1n) is 3.69. The van der Waals surface area contributed by atoms with Gasteiger partial charge < -0.3 is 15.1 Å². The van der Waals surface area contributed by atoms with Crippen LogP contribution in [0.25, 0.3) is 0 Å². The molecule has 0 aromatic carbocycles. The van der Waals surface area contributed by atoms with Crippen molar-refractivity contribution in [2.45, 2.75) is 32.5 Å². The third-order valence-electron chi connectivity index (χ3n) is 0.957. The predicted molar refractivity (Wildman–Crippen MR) is 45.3 cm³/mol. The zero-order valence-corrected chi connectivity index (χ0v) is 6.75. The highest BCUT2D eigenvalue weighted by Crippen LogP contribution is 1.94. The largest absolute Gasteiger partial charge is 0.631 e. The summed E-state index contributed by atoms with van der Waals surface area (Å²) >= 11 is 0. The molecule has 0 heterocycles. The highest BCUT2D eigenvalue weighted by atomic mass is 16.5. The van der Waals surface area contributed by atoms with Crippen LogP contribution in [0.1, 0.15) is 26.2 Å². The fourth-order valence-corrected chi connectivity index (χ4v) is 0.500. The molecule has 0 spiro atoms. The second-order valence-corrected chi connectivity index (χ2v) is 2.05. The maximum absolute atomic E-state index is 7.17. The van der Waals surface area contributed by atoms with E-state index in [0.717, 1.165) is 0 Å². The van der Waals surface area contributed by atoms with E-state index in [1.165, 1.54) is 25.6 Å². The normalized spacial score (nSPS) is 8.00. The number of rotatable bonds is 3. The number of unbranched alkanes of at least 4 members (excludes halogenated alkanes) is 2. The summed E-state index contributed by atoms with van der Waals surface area (Å²) in [6.45, 7) is 2.23. The molecule has 0 radical (unpaired) electrons. The molecule has 0 fully saturated rings. The minimum Gasteiger partial charge on any atom is -0.402 e. The average Bonchev–Trinajstić information content (AvgIpc) is 1.82. The van der Waals surface area contributed by atoms with Crippen LogP contribution in [0.3, 0.4) is 0 Å². The van der Waals surface area contributed by atoms with Crippen LogP contribution in [0.2, 0.25) is 6.32 Å². The lowest BCUT2D eigenvalue weighted by molar-refractivity contribution is 0.278. The lowest BCUT2D eigenvalue weighted by Gasteiger charge is -1.86. The fraction of sp³-hybridized carbons (Fsp3) is 1.00. The van der Waals surface area contributed by atoms with Gasteiger partial charge in [0.25, 0.3) is 0 Å². The Morgan fingerprint density at radius 1 is 1.20 bits per heavy atom. The van der Waals surface area contributed by atoms with Crippen molar-refractivity contribution in [3.63, 3.8) is 0 Å². The Balaban J connectivity index is 0. The Hall–Kier alpha value is 0.00987. The van der Waals surface area contributed by atoms with Crippen molar-refractivity contribution in [3.8, 4) is 0 Å². The molecule has 3 nitrogen and oxygen atoms in total. The van der Waals surface area contributed by atoms with Crippen LogP contribution < -0.4 is 0 Å². The van der Waals surface area contributed by atoms with Gasteiger partial charge in [0, 0.05) is 0 Å². The van der Waals surface area contributed by atoms with Gasteiger partial charge in [0.2, 0.25) is 0 Å². The van der Waals surface area contributed by atoms with Crippen molar-refractivity contribution >= 4 is 15.2 Å². The molecule has 0 rings (SSSR count). The topological polar surface area (TPSA) is 60.7 Å². The van der Waals surface area contributed by atoms with Crippen molar-refractivity contribution in [3.05, 3.63) is 0 Å². The Bertz CT molecular complexity index is 45.4. The van der Waals surface area contributed by atoms with Crippen molar-refractivity contribution in [1.29, 1.82) is 0 Å². The second-order valence-electron chi connectivity index (χ2n) is 2.05. The minimum absolute atomic E-state index is 1.36. The molecule has 0 aliphatic rings. The van der Waals surface area contributed by atoms with Gasteiger partial charge in [-0.05, 0) is 0 Å². The third kappa shape index (κ3) is 43.4. The lowest BCUT2D eigenvalue weighted by atomic mass is 10.00. The van der Waals surface area contributed by atoms with Gasteiger partial charge in [-0.1, -0.05) is 32.5 Å². The first-order valence-corrected chi connectivity index (χ1v) is 3.69. The Morgan fingerprint density at radius 2 is 1.60 bits per heavy atom. The van der Waals surface area contributed by atoms with E-state index in [0.29, 0.717) is 0 Å². The highest BCUT2D eigenvalue weighted by Gasteiger charge is 1.92. The molecule has 0 amide bonds. The van der Waals surface area contributed by atoms with Crippen molar-refractivity contribution in [1.82, 2.24) is 0 Å². The van der Waals surface area contributed by atoms with Crippen LogP contribution in [-0.4, -0.2) is 30.2 Å². The van der Waals surface area contributed by atoms with Gasteiger partial charge in [-0.25, -0.2) is 0 Å². The number of hydrogen-bond donors (Lipinski definition) is 3. The molecule has 60 valence electrons. The van der Waals surface area contributed by atoms with Crippen molar-refractivity contribution < 1.29 is 15.1 Å². The summed E-state index contributed by atoms with van der Waals surface area (Å²) < 4.78 is 0. The molecular weight excluding hydrogens is 130 g/mol. The standard InChI is InChI=1S/C5H13B.BH3O3/c1-2-3-4-5-6;2-1(3)4/h2-6H2,1H3;2-4H. The van der Waals surface area contributed by atoms with E-state index in [4.69, 9.17) is 15.1 Å². The summed E-state index contributed by atoms with van der Waals surface area (Å²) in [7, 11) is 0.0651. The molecule has 0 bridgehead atoms. The smallest absolute Gasteiger partial charge is 0.402 e. The summed E-state index contributed by atoms with van der Waals surface area (Å²) in [5, 5.41) is 21.5. The van der Waals surface area contributed by atoms with Gasteiger partial charge >= 0.3 is 7.32 Å². The van der Waals surface area contributed by atoms with E-state index in [2.05, 4.69) is 14.8 Å². The number of hydrogen-bond acceptors (Lipinski definition) is 3. The third-order valence-corrected chi connectivity index (χ3v) is 0.957. The van der Waals surface area contributed by atoms with E-state index in [9.17, 15) is 0 Å². The van der Waals surface area contributed by atoms with Crippen LogP contribution >= 0.6 is 0 Å². The molecule has 0 aromatic heterocycles. The molecule has 0 saturated carbocycles.